The van der Waals surface area contributed by atoms with Crippen LogP contribution in [-0.2, 0) is 0 Å². The van der Waals surface area contributed by atoms with Crippen LogP contribution in [0, 0.1) is 0 Å². The largest absolute Gasteiger partial charge is 0.508 e. The average Bonchev–Trinajstić information content (AvgIpc) is 2.31. The summed E-state index contributed by atoms with van der Waals surface area (Å²) in [5.74, 6) is -0.279. The summed E-state index contributed by atoms with van der Waals surface area (Å²) >= 11 is 5.86. The number of carbonyl (C=O) groups excluding carboxylic acids is 1. The number of amides is 1. The van der Waals surface area contributed by atoms with Gasteiger partial charge in [-0.25, -0.2) is 0 Å². The fraction of sp³-hybridized carbons (Fsp3) is 0.417. The van der Waals surface area contributed by atoms with Crippen molar-refractivity contribution < 1.29 is 9.90 Å². The van der Waals surface area contributed by atoms with Crippen LogP contribution in [0.15, 0.2) is 18.2 Å². The molecule has 1 atom stereocenters. The van der Waals surface area contributed by atoms with Gasteiger partial charge in [0, 0.05) is 12.6 Å². The minimum absolute atomic E-state index is 0.0183. The zero-order valence-corrected chi connectivity index (χ0v) is 10.5. The lowest BCUT2D eigenvalue weighted by Gasteiger charge is -2.10. The predicted octanol–water partition coefficient (Wildman–Crippen LogP) is 1.90. The molecule has 0 aliphatic heterocycles. The van der Waals surface area contributed by atoms with E-state index >= 15 is 0 Å². The van der Waals surface area contributed by atoms with E-state index in [-0.39, 0.29) is 23.3 Å². The van der Waals surface area contributed by atoms with Crippen molar-refractivity contribution in [2.45, 2.75) is 25.8 Å². The average molecular weight is 257 g/mol. The number of aromatic hydroxyl groups is 1. The molecule has 0 fully saturated rings. The third-order valence-electron chi connectivity index (χ3n) is 2.52. The lowest BCUT2D eigenvalue weighted by molar-refractivity contribution is 0.0952. The van der Waals surface area contributed by atoms with E-state index in [4.69, 9.17) is 17.3 Å². The van der Waals surface area contributed by atoms with Crippen molar-refractivity contribution in [1.29, 1.82) is 0 Å². The van der Waals surface area contributed by atoms with E-state index in [1.54, 1.807) is 0 Å². The van der Waals surface area contributed by atoms with E-state index in [0.717, 1.165) is 12.8 Å². The number of hydrogen-bond donors (Lipinski definition) is 3. The van der Waals surface area contributed by atoms with Gasteiger partial charge in [-0.1, -0.05) is 18.5 Å². The third-order valence-corrected chi connectivity index (χ3v) is 2.85. The van der Waals surface area contributed by atoms with Gasteiger partial charge in [0.15, 0.2) is 0 Å². The first-order valence-electron chi connectivity index (χ1n) is 5.57. The van der Waals surface area contributed by atoms with Gasteiger partial charge in [-0.05, 0) is 31.0 Å². The van der Waals surface area contributed by atoms with Gasteiger partial charge in [-0.3, -0.25) is 4.79 Å². The fourth-order valence-corrected chi connectivity index (χ4v) is 1.56. The summed E-state index contributed by atoms with van der Waals surface area (Å²) in [7, 11) is 0. The number of phenolic OH excluding ortho intramolecular Hbond substituents is 1. The second-order valence-electron chi connectivity index (χ2n) is 3.88. The van der Waals surface area contributed by atoms with Crippen LogP contribution in [0.5, 0.6) is 5.75 Å². The van der Waals surface area contributed by atoms with Crippen molar-refractivity contribution in [3.05, 3.63) is 28.8 Å². The van der Waals surface area contributed by atoms with Gasteiger partial charge in [0.05, 0.1) is 10.6 Å². The van der Waals surface area contributed by atoms with Crippen LogP contribution in [-0.4, -0.2) is 23.6 Å². The van der Waals surface area contributed by atoms with E-state index in [9.17, 15) is 9.90 Å². The molecule has 17 heavy (non-hydrogen) atoms. The molecule has 1 aromatic carbocycles. The molecule has 0 heterocycles. The smallest absolute Gasteiger partial charge is 0.252 e. The number of rotatable bonds is 5. The molecule has 94 valence electrons. The van der Waals surface area contributed by atoms with Crippen molar-refractivity contribution >= 4 is 17.5 Å². The Morgan fingerprint density at radius 2 is 2.29 bits per heavy atom. The Labute approximate surface area is 106 Å². The second kappa shape index (κ2) is 6.47. The van der Waals surface area contributed by atoms with Crippen LogP contribution in [0.2, 0.25) is 5.02 Å². The van der Waals surface area contributed by atoms with Crippen LogP contribution in [0.4, 0.5) is 0 Å². The van der Waals surface area contributed by atoms with Gasteiger partial charge < -0.3 is 16.2 Å². The summed E-state index contributed by atoms with van der Waals surface area (Å²) in [6.45, 7) is 2.50. The first kappa shape index (κ1) is 13.8. The fourth-order valence-electron chi connectivity index (χ4n) is 1.36. The van der Waals surface area contributed by atoms with Gasteiger partial charge >= 0.3 is 0 Å². The normalized spacial score (nSPS) is 12.2. The number of carbonyl (C=O) groups is 1. The molecule has 0 aromatic heterocycles. The van der Waals surface area contributed by atoms with Gasteiger partial charge in [0.2, 0.25) is 0 Å². The maximum absolute atomic E-state index is 11.7. The standard InChI is InChI=1S/C12H17ClN2O2/c1-2-8(14)5-6-15-12(17)10-7-9(16)3-4-11(10)13/h3-4,7-8,16H,2,5-6,14H2,1H3,(H,15,17). The highest BCUT2D eigenvalue weighted by Gasteiger charge is 2.11. The quantitative estimate of drug-likeness (QED) is 0.753. The first-order valence-corrected chi connectivity index (χ1v) is 5.94. The molecule has 5 heteroatoms. The Kier molecular flexibility index (Phi) is 5.25. The number of nitrogens with two attached hydrogens (primary N) is 1. The Morgan fingerprint density at radius 1 is 1.59 bits per heavy atom. The zero-order chi connectivity index (χ0) is 12.8. The molecule has 1 amide bonds. The number of phenols is 1. The lowest BCUT2D eigenvalue weighted by atomic mass is 10.1. The van der Waals surface area contributed by atoms with Gasteiger partial charge in [0.1, 0.15) is 5.75 Å². The first-order chi connectivity index (χ1) is 8.04. The van der Waals surface area contributed by atoms with Gasteiger partial charge in [-0.15, -0.1) is 0 Å². The van der Waals surface area contributed by atoms with Crippen molar-refractivity contribution in [3.63, 3.8) is 0 Å². The van der Waals surface area contributed by atoms with Crippen LogP contribution in [0.1, 0.15) is 30.1 Å². The molecule has 1 rings (SSSR count). The summed E-state index contributed by atoms with van der Waals surface area (Å²) in [6.07, 6.45) is 1.60. The van der Waals surface area contributed by atoms with E-state index < -0.39 is 0 Å². The molecule has 4 N–H and O–H groups in total. The summed E-state index contributed by atoms with van der Waals surface area (Å²) < 4.78 is 0. The van der Waals surface area contributed by atoms with Gasteiger partial charge in [-0.2, -0.15) is 0 Å². The minimum atomic E-state index is -0.297. The molecule has 0 radical (unpaired) electrons. The number of nitrogens with one attached hydrogen (secondary N) is 1. The highest BCUT2D eigenvalue weighted by Crippen LogP contribution is 2.20. The molecule has 0 spiro atoms. The SMILES string of the molecule is CCC(N)CCNC(=O)c1cc(O)ccc1Cl. The monoisotopic (exact) mass is 256 g/mol. The Hall–Kier alpha value is -1.26. The minimum Gasteiger partial charge on any atom is -0.508 e. The molecular formula is C12H17ClN2O2. The van der Waals surface area contributed by atoms with Crippen molar-refractivity contribution in [3.8, 4) is 5.75 Å². The Morgan fingerprint density at radius 3 is 2.94 bits per heavy atom. The summed E-state index contributed by atoms with van der Waals surface area (Å²) in [5.41, 5.74) is 6.01. The number of hydrogen-bond acceptors (Lipinski definition) is 3. The third kappa shape index (κ3) is 4.24. The van der Waals surface area contributed by atoms with Gasteiger partial charge in [0.25, 0.3) is 5.91 Å². The molecule has 0 bridgehead atoms. The van der Waals surface area contributed by atoms with Crippen LogP contribution in [0.3, 0.4) is 0 Å². The lowest BCUT2D eigenvalue weighted by Crippen LogP contribution is -2.30. The molecule has 0 aliphatic rings. The molecule has 0 saturated heterocycles. The van der Waals surface area contributed by atoms with Crippen molar-refractivity contribution in [2.75, 3.05) is 6.54 Å². The molecular weight excluding hydrogens is 240 g/mol. The number of halogens is 1. The maximum atomic E-state index is 11.7. The van der Waals surface area contributed by atoms with Crippen LogP contribution < -0.4 is 11.1 Å². The Bertz CT molecular complexity index is 396. The van der Waals surface area contributed by atoms with Crippen molar-refractivity contribution in [1.82, 2.24) is 5.32 Å². The summed E-state index contributed by atoms with van der Waals surface area (Å²) in [6, 6.07) is 4.36. The molecule has 0 saturated carbocycles. The number of benzene rings is 1. The van der Waals surface area contributed by atoms with E-state index in [0.29, 0.717) is 11.6 Å². The molecule has 1 unspecified atom stereocenters. The van der Waals surface area contributed by atoms with Crippen LogP contribution >= 0.6 is 11.6 Å². The molecule has 4 nitrogen and oxygen atoms in total. The predicted molar refractivity (Wildman–Crippen MR) is 68.3 cm³/mol. The highest BCUT2D eigenvalue weighted by molar-refractivity contribution is 6.33. The highest BCUT2D eigenvalue weighted by atomic mass is 35.5. The summed E-state index contributed by atoms with van der Waals surface area (Å²) in [4.78, 5) is 11.7. The van der Waals surface area contributed by atoms with Crippen molar-refractivity contribution in [2.24, 2.45) is 5.73 Å². The summed E-state index contributed by atoms with van der Waals surface area (Å²) in [5, 5.41) is 12.3. The zero-order valence-electron chi connectivity index (χ0n) is 9.74. The second-order valence-corrected chi connectivity index (χ2v) is 4.28. The van der Waals surface area contributed by atoms with E-state index in [1.165, 1.54) is 18.2 Å². The Balaban J connectivity index is 2.55. The molecule has 0 aliphatic carbocycles. The van der Waals surface area contributed by atoms with Crippen LogP contribution in [0.25, 0.3) is 0 Å². The van der Waals surface area contributed by atoms with E-state index in [1.807, 2.05) is 6.92 Å². The molecule has 1 aromatic rings. The topological polar surface area (TPSA) is 75.3 Å². The van der Waals surface area contributed by atoms with E-state index in [2.05, 4.69) is 5.32 Å². The maximum Gasteiger partial charge on any atom is 0.252 e.